The molecule has 0 atom stereocenters. The van der Waals surface area contributed by atoms with Crippen LogP contribution in [0.25, 0.3) is 22.4 Å². The van der Waals surface area contributed by atoms with Crippen LogP contribution in [0.5, 0.6) is 0 Å². The Bertz CT molecular complexity index is 791. The van der Waals surface area contributed by atoms with Crippen LogP contribution in [-0.2, 0) is 4.74 Å². The standard InChI is InChI=1S/C17H18N4O/c1-12-11-14-16(18-12)19-15(13-5-3-2-4-6-13)20-17(14)21-7-9-22-10-8-21/h2-6,11H,7-10H2,1H3,(H,18,19,20). The smallest absolute Gasteiger partial charge is 0.163 e. The van der Waals surface area contributed by atoms with Crippen LogP contribution in [-0.4, -0.2) is 41.3 Å². The second-order valence-corrected chi connectivity index (χ2v) is 5.55. The zero-order valence-corrected chi connectivity index (χ0v) is 12.5. The molecule has 112 valence electrons. The largest absolute Gasteiger partial charge is 0.378 e. The van der Waals surface area contributed by atoms with Crippen LogP contribution in [0.4, 0.5) is 5.82 Å². The molecule has 1 N–H and O–H groups in total. The first kappa shape index (κ1) is 13.3. The van der Waals surface area contributed by atoms with Crippen molar-refractivity contribution in [1.29, 1.82) is 0 Å². The number of morpholine rings is 1. The minimum atomic E-state index is 0.746. The molecule has 5 heteroatoms. The summed E-state index contributed by atoms with van der Waals surface area (Å²) in [6, 6.07) is 12.2. The van der Waals surface area contributed by atoms with E-state index < -0.39 is 0 Å². The van der Waals surface area contributed by atoms with Crippen molar-refractivity contribution < 1.29 is 4.74 Å². The molecular formula is C17H18N4O. The fraction of sp³-hybridized carbons (Fsp3) is 0.294. The maximum atomic E-state index is 5.46. The third kappa shape index (κ3) is 2.33. The predicted molar refractivity (Wildman–Crippen MR) is 87.1 cm³/mol. The van der Waals surface area contributed by atoms with Crippen LogP contribution in [0.2, 0.25) is 0 Å². The molecule has 1 fully saturated rings. The summed E-state index contributed by atoms with van der Waals surface area (Å²) in [5.41, 5.74) is 3.03. The van der Waals surface area contributed by atoms with Crippen LogP contribution < -0.4 is 4.90 Å². The summed E-state index contributed by atoms with van der Waals surface area (Å²) in [7, 11) is 0. The number of hydrogen-bond donors (Lipinski definition) is 1. The van der Waals surface area contributed by atoms with Crippen LogP contribution >= 0.6 is 0 Å². The summed E-state index contributed by atoms with van der Waals surface area (Å²) in [5.74, 6) is 1.76. The Morgan fingerprint density at radius 1 is 1.09 bits per heavy atom. The Balaban J connectivity index is 1.89. The number of fused-ring (bicyclic) bond motifs is 1. The summed E-state index contributed by atoms with van der Waals surface area (Å²) in [6.07, 6.45) is 0. The van der Waals surface area contributed by atoms with Gasteiger partial charge < -0.3 is 14.6 Å². The topological polar surface area (TPSA) is 54.0 Å². The molecule has 1 aromatic carbocycles. The third-order valence-electron chi connectivity index (χ3n) is 3.94. The summed E-state index contributed by atoms with van der Waals surface area (Å²) >= 11 is 0. The normalized spacial score (nSPS) is 15.4. The number of nitrogens with one attached hydrogen (secondary N) is 1. The Morgan fingerprint density at radius 3 is 2.64 bits per heavy atom. The van der Waals surface area contributed by atoms with Gasteiger partial charge in [0.2, 0.25) is 0 Å². The van der Waals surface area contributed by atoms with Crippen LogP contribution in [0, 0.1) is 6.92 Å². The van der Waals surface area contributed by atoms with Gasteiger partial charge in [0.1, 0.15) is 11.5 Å². The number of anilines is 1. The molecule has 0 spiro atoms. The lowest BCUT2D eigenvalue weighted by molar-refractivity contribution is 0.122. The molecule has 1 aliphatic rings. The van der Waals surface area contributed by atoms with E-state index in [2.05, 4.69) is 16.0 Å². The SMILES string of the molecule is Cc1cc2c(N3CCOCC3)nc(-c3ccccc3)nc2[nH]1. The van der Waals surface area contributed by atoms with Gasteiger partial charge in [-0.2, -0.15) is 0 Å². The monoisotopic (exact) mass is 294 g/mol. The van der Waals surface area contributed by atoms with E-state index in [4.69, 9.17) is 14.7 Å². The number of ether oxygens (including phenoxy) is 1. The fourth-order valence-electron chi connectivity index (χ4n) is 2.86. The van der Waals surface area contributed by atoms with E-state index in [9.17, 15) is 0 Å². The minimum absolute atomic E-state index is 0.746. The van der Waals surface area contributed by atoms with Crippen molar-refractivity contribution in [1.82, 2.24) is 15.0 Å². The van der Waals surface area contributed by atoms with Gasteiger partial charge in [0.25, 0.3) is 0 Å². The molecule has 0 bridgehead atoms. The Morgan fingerprint density at radius 2 is 1.86 bits per heavy atom. The Kier molecular flexibility index (Phi) is 3.27. The van der Waals surface area contributed by atoms with Gasteiger partial charge in [0, 0.05) is 24.3 Å². The van der Waals surface area contributed by atoms with Gasteiger partial charge in [-0.05, 0) is 13.0 Å². The van der Waals surface area contributed by atoms with E-state index in [0.717, 1.165) is 60.2 Å². The quantitative estimate of drug-likeness (QED) is 0.789. The maximum Gasteiger partial charge on any atom is 0.163 e. The molecule has 0 saturated carbocycles. The Labute approximate surface area is 129 Å². The predicted octanol–water partition coefficient (Wildman–Crippen LogP) is 2.77. The second kappa shape index (κ2) is 5.42. The van der Waals surface area contributed by atoms with Gasteiger partial charge in [-0.3, -0.25) is 0 Å². The van der Waals surface area contributed by atoms with E-state index in [0.29, 0.717) is 0 Å². The molecule has 22 heavy (non-hydrogen) atoms. The first-order valence-electron chi connectivity index (χ1n) is 7.57. The molecule has 3 aromatic rings. The van der Waals surface area contributed by atoms with E-state index in [1.54, 1.807) is 0 Å². The zero-order valence-electron chi connectivity index (χ0n) is 12.5. The lowest BCUT2D eigenvalue weighted by atomic mass is 10.2. The lowest BCUT2D eigenvalue weighted by Crippen LogP contribution is -2.37. The van der Waals surface area contributed by atoms with Gasteiger partial charge >= 0.3 is 0 Å². The van der Waals surface area contributed by atoms with E-state index in [1.165, 1.54) is 0 Å². The van der Waals surface area contributed by atoms with Crippen LogP contribution in [0.1, 0.15) is 5.69 Å². The highest BCUT2D eigenvalue weighted by atomic mass is 16.5. The molecule has 5 nitrogen and oxygen atoms in total. The number of H-pyrrole nitrogens is 1. The van der Waals surface area contributed by atoms with E-state index >= 15 is 0 Å². The number of hydrogen-bond acceptors (Lipinski definition) is 4. The molecule has 1 saturated heterocycles. The highest BCUT2D eigenvalue weighted by Gasteiger charge is 2.19. The molecule has 1 aliphatic heterocycles. The number of aromatic amines is 1. The van der Waals surface area contributed by atoms with E-state index in [1.807, 2.05) is 37.3 Å². The molecule has 0 radical (unpaired) electrons. The number of aromatic nitrogens is 3. The van der Waals surface area contributed by atoms with Gasteiger partial charge in [0.05, 0.1) is 18.6 Å². The summed E-state index contributed by atoms with van der Waals surface area (Å²) in [5, 5.41) is 1.08. The number of aryl methyl sites for hydroxylation is 1. The van der Waals surface area contributed by atoms with Crippen molar-refractivity contribution in [2.24, 2.45) is 0 Å². The molecule has 2 aromatic heterocycles. The minimum Gasteiger partial charge on any atom is -0.378 e. The second-order valence-electron chi connectivity index (χ2n) is 5.55. The summed E-state index contributed by atoms with van der Waals surface area (Å²) in [4.78, 5) is 15.2. The summed E-state index contributed by atoms with van der Waals surface area (Å²) in [6.45, 7) is 5.27. The first-order valence-corrected chi connectivity index (χ1v) is 7.57. The number of nitrogens with zero attached hydrogens (tertiary/aromatic N) is 3. The van der Waals surface area contributed by atoms with Crippen LogP contribution in [0.15, 0.2) is 36.4 Å². The highest BCUT2D eigenvalue weighted by molar-refractivity contribution is 5.90. The van der Waals surface area contributed by atoms with Gasteiger partial charge in [-0.25, -0.2) is 9.97 Å². The summed E-state index contributed by atoms with van der Waals surface area (Å²) < 4.78 is 5.46. The van der Waals surface area contributed by atoms with Crippen molar-refractivity contribution in [3.63, 3.8) is 0 Å². The van der Waals surface area contributed by atoms with Crippen molar-refractivity contribution in [2.45, 2.75) is 6.92 Å². The van der Waals surface area contributed by atoms with Crippen molar-refractivity contribution in [3.05, 3.63) is 42.1 Å². The Hall–Kier alpha value is -2.40. The van der Waals surface area contributed by atoms with E-state index in [-0.39, 0.29) is 0 Å². The van der Waals surface area contributed by atoms with Crippen LogP contribution in [0.3, 0.4) is 0 Å². The van der Waals surface area contributed by atoms with Gasteiger partial charge in [-0.1, -0.05) is 30.3 Å². The third-order valence-corrected chi connectivity index (χ3v) is 3.94. The molecule has 4 rings (SSSR count). The molecule has 0 aliphatic carbocycles. The highest BCUT2D eigenvalue weighted by Crippen LogP contribution is 2.28. The van der Waals surface area contributed by atoms with Crippen molar-refractivity contribution in [3.8, 4) is 11.4 Å². The lowest BCUT2D eigenvalue weighted by Gasteiger charge is -2.28. The van der Waals surface area contributed by atoms with Gasteiger partial charge in [0.15, 0.2) is 5.82 Å². The van der Waals surface area contributed by atoms with Gasteiger partial charge in [-0.15, -0.1) is 0 Å². The molecular weight excluding hydrogens is 276 g/mol. The molecule has 0 amide bonds. The maximum absolute atomic E-state index is 5.46. The number of benzene rings is 1. The average Bonchev–Trinajstić information content (AvgIpc) is 2.95. The van der Waals surface area contributed by atoms with Crippen molar-refractivity contribution in [2.75, 3.05) is 31.2 Å². The average molecular weight is 294 g/mol. The molecule has 3 heterocycles. The molecule has 0 unspecified atom stereocenters. The first-order chi connectivity index (χ1) is 10.8. The van der Waals surface area contributed by atoms with Crippen molar-refractivity contribution >= 4 is 16.9 Å². The fourth-order valence-corrected chi connectivity index (χ4v) is 2.86. The number of rotatable bonds is 2. The zero-order chi connectivity index (χ0) is 14.9.